The number of benzene rings is 1. The fraction of sp³-hybridized carbons (Fsp3) is 0.154. The predicted molar refractivity (Wildman–Crippen MR) is 88.0 cm³/mol. The zero-order valence-corrected chi connectivity index (χ0v) is 13.8. The van der Waals surface area contributed by atoms with E-state index >= 15 is 0 Å². The molecule has 2 aromatic rings. The molecule has 1 aromatic heterocycles. The molecule has 104 valence electrons. The Balaban J connectivity index is 2.02. The van der Waals surface area contributed by atoms with Gasteiger partial charge < -0.3 is 5.32 Å². The Hall–Kier alpha value is -1.48. The van der Waals surface area contributed by atoms with Gasteiger partial charge in [-0.2, -0.15) is 0 Å². The molecule has 0 unspecified atom stereocenters. The van der Waals surface area contributed by atoms with Crippen LogP contribution in [0.25, 0.3) is 0 Å². The molecular formula is C13H12IN3O2S. The standard InChI is InChI=1S/C13H12IN3O2S/c1-7-5-9(14)3-4-10(7)16-11(18)12(19)17-13-15-8(2)6-20-13/h3-6H,1-2H3,(H,16,18)(H,15,17,19). The van der Waals surface area contributed by atoms with Gasteiger partial charge in [0.2, 0.25) is 0 Å². The summed E-state index contributed by atoms with van der Waals surface area (Å²) < 4.78 is 1.07. The molecule has 0 aliphatic carbocycles. The number of anilines is 2. The summed E-state index contributed by atoms with van der Waals surface area (Å²) >= 11 is 3.47. The van der Waals surface area contributed by atoms with Crippen LogP contribution >= 0.6 is 33.9 Å². The number of carbonyl (C=O) groups excluding carboxylic acids is 2. The van der Waals surface area contributed by atoms with E-state index in [1.165, 1.54) is 11.3 Å². The number of rotatable bonds is 2. The van der Waals surface area contributed by atoms with Gasteiger partial charge in [-0.05, 0) is 60.2 Å². The van der Waals surface area contributed by atoms with E-state index in [2.05, 4.69) is 38.2 Å². The zero-order valence-electron chi connectivity index (χ0n) is 10.9. The summed E-state index contributed by atoms with van der Waals surface area (Å²) in [6, 6.07) is 5.57. The lowest BCUT2D eigenvalue weighted by molar-refractivity contribution is -0.133. The summed E-state index contributed by atoms with van der Waals surface area (Å²) in [5.41, 5.74) is 2.34. The van der Waals surface area contributed by atoms with Crippen molar-refractivity contribution in [2.24, 2.45) is 0 Å². The van der Waals surface area contributed by atoms with Crippen LogP contribution in [0.3, 0.4) is 0 Å². The summed E-state index contributed by atoms with van der Waals surface area (Å²) in [4.78, 5) is 27.6. The number of hydrogen-bond acceptors (Lipinski definition) is 4. The van der Waals surface area contributed by atoms with Gasteiger partial charge in [-0.25, -0.2) is 4.98 Å². The van der Waals surface area contributed by atoms with Crippen molar-refractivity contribution < 1.29 is 9.59 Å². The Morgan fingerprint density at radius 1 is 1.20 bits per heavy atom. The van der Waals surface area contributed by atoms with Crippen LogP contribution in [0.4, 0.5) is 10.8 Å². The van der Waals surface area contributed by atoms with Crippen molar-refractivity contribution in [2.75, 3.05) is 10.6 Å². The smallest absolute Gasteiger partial charge is 0.315 e. The number of aryl methyl sites for hydroxylation is 2. The van der Waals surface area contributed by atoms with Crippen molar-refractivity contribution in [1.29, 1.82) is 0 Å². The van der Waals surface area contributed by atoms with E-state index in [1.807, 2.05) is 26.0 Å². The minimum atomic E-state index is -0.725. The molecule has 0 aliphatic heterocycles. The van der Waals surface area contributed by atoms with E-state index in [1.54, 1.807) is 11.4 Å². The molecule has 1 aromatic carbocycles. The van der Waals surface area contributed by atoms with Crippen LogP contribution in [0.5, 0.6) is 0 Å². The number of amides is 2. The first kappa shape index (κ1) is 14.9. The Kier molecular flexibility index (Phi) is 4.71. The van der Waals surface area contributed by atoms with Crippen LogP contribution in [0.1, 0.15) is 11.3 Å². The highest BCUT2D eigenvalue weighted by atomic mass is 127. The van der Waals surface area contributed by atoms with Crippen molar-refractivity contribution in [3.05, 3.63) is 38.4 Å². The van der Waals surface area contributed by atoms with Gasteiger partial charge in [0, 0.05) is 14.6 Å². The Bertz CT molecular complexity index is 669. The molecule has 0 fully saturated rings. The molecule has 2 amide bonds. The maximum atomic E-state index is 11.8. The summed E-state index contributed by atoms with van der Waals surface area (Å²) in [7, 11) is 0. The Morgan fingerprint density at radius 2 is 1.90 bits per heavy atom. The SMILES string of the molecule is Cc1csc(NC(=O)C(=O)Nc2ccc(I)cc2C)n1. The Labute approximate surface area is 133 Å². The van der Waals surface area contributed by atoms with Gasteiger partial charge in [0.05, 0.1) is 5.69 Å². The van der Waals surface area contributed by atoms with E-state index < -0.39 is 11.8 Å². The van der Waals surface area contributed by atoms with Crippen molar-refractivity contribution in [1.82, 2.24) is 4.98 Å². The van der Waals surface area contributed by atoms with E-state index in [4.69, 9.17) is 0 Å². The van der Waals surface area contributed by atoms with Crippen LogP contribution in [-0.2, 0) is 9.59 Å². The molecule has 2 rings (SSSR count). The van der Waals surface area contributed by atoms with E-state index in [-0.39, 0.29) is 0 Å². The summed E-state index contributed by atoms with van der Waals surface area (Å²) in [5.74, 6) is -1.43. The average molecular weight is 401 g/mol. The fourth-order valence-corrected chi connectivity index (χ4v) is 2.84. The molecule has 2 N–H and O–H groups in total. The molecule has 0 radical (unpaired) electrons. The molecule has 20 heavy (non-hydrogen) atoms. The van der Waals surface area contributed by atoms with E-state index in [0.29, 0.717) is 10.8 Å². The lowest BCUT2D eigenvalue weighted by Gasteiger charge is -2.08. The second-order valence-corrected chi connectivity index (χ2v) is 6.27. The third-order valence-electron chi connectivity index (χ3n) is 2.48. The largest absolute Gasteiger partial charge is 0.318 e. The van der Waals surface area contributed by atoms with Gasteiger partial charge in [-0.15, -0.1) is 11.3 Å². The second-order valence-electron chi connectivity index (χ2n) is 4.16. The molecule has 7 heteroatoms. The van der Waals surface area contributed by atoms with Crippen LogP contribution < -0.4 is 10.6 Å². The van der Waals surface area contributed by atoms with Crippen molar-refractivity contribution in [2.45, 2.75) is 13.8 Å². The zero-order chi connectivity index (χ0) is 14.7. The number of aromatic nitrogens is 1. The summed E-state index contributed by atoms with van der Waals surface area (Å²) in [6.07, 6.45) is 0. The summed E-state index contributed by atoms with van der Waals surface area (Å²) in [5, 5.41) is 7.28. The van der Waals surface area contributed by atoms with Gasteiger partial charge >= 0.3 is 11.8 Å². The third-order valence-corrected chi connectivity index (χ3v) is 4.03. The molecule has 0 bridgehead atoms. The molecule has 0 atom stereocenters. The molecule has 1 heterocycles. The first-order chi connectivity index (χ1) is 9.45. The molecule has 0 saturated heterocycles. The maximum Gasteiger partial charge on any atom is 0.315 e. The number of hydrogen-bond donors (Lipinski definition) is 2. The van der Waals surface area contributed by atoms with E-state index in [0.717, 1.165) is 14.8 Å². The number of nitrogens with zero attached hydrogens (tertiary/aromatic N) is 1. The quantitative estimate of drug-likeness (QED) is 0.601. The highest BCUT2D eigenvalue weighted by Gasteiger charge is 2.16. The topological polar surface area (TPSA) is 71.1 Å². The van der Waals surface area contributed by atoms with Crippen molar-refractivity contribution in [3.8, 4) is 0 Å². The minimum Gasteiger partial charge on any atom is -0.318 e. The van der Waals surface area contributed by atoms with Crippen LogP contribution in [0, 0.1) is 17.4 Å². The van der Waals surface area contributed by atoms with Gasteiger partial charge in [0.15, 0.2) is 5.13 Å². The number of carbonyl (C=O) groups is 2. The van der Waals surface area contributed by atoms with Crippen LogP contribution in [0.15, 0.2) is 23.6 Å². The van der Waals surface area contributed by atoms with Crippen LogP contribution in [-0.4, -0.2) is 16.8 Å². The number of halogens is 1. The number of nitrogens with one attached hydrogen (secondary N) is 2. The molecule has 5 nitrogen and oxygen atoms in total. The van der Waals surface area contributed by atoms with Crippen molar-refractivity contribution >= 4 is 56.6 Å². The second kappa shape index (κ2) is 6.31. The molecule has 0 spiro atoms. The predicted octanol–water partition coefficient (Wildman–Crippen LogP) is 2.94. The molecular weight excluding hydrogens is 389 g/mol. The number of thiazole rings is 1. The average Bonchev–Trinajstić information content (AvgIpc) is 2.78. The lowest BCUT2D eigenvalue weighted by atomic mass is 10.2. The molecule has 0 saturated carbocycles. The minimum absolute atomic E-state index is 0.419. The highest BCUT2D eigenvalue weighted by molar-refractivity contribution is 14.1. The maximum absolute atomic E-state index is 11.8. The van der Waals surface area contributed by atoms with Gasteiger partial charge in [0.1, 0.15) is 0 Å². The van der Waals surface area contributed by atoms with E-state index in [9.17, 15) is 9.59 Å². The fourth-order valence-electron chi connectivity index (χ4n) is 1.51. The third kappa shape index (κ3) is 3.76. The lowest BCUT2D eigenvalue weighted by Crippen LogP contribution is -2.29. The summed E-state index contributed by atoms with van der Waals surface area (Å²) in [6.45, 7) is 3.70. The first-order valence-electron chi connectivity index (χ1n) is 5.76. The monoisotopic (exact) mass is 401 g/mol. The van der Waals surface area contributed by atoms with Crippen molar-refractivity contribution in [3.63, 3.8) is 0 Å². The van der Waals surface area contributed by atoms with Crippen LogP contribution in [0.2, 0.25) is 0 Å². The Morgan fingerprint density at radius 3 is 2.50 bits per heavy atom. The van der Waals surface area contributed by atoms with Gasteiger partial charge in [-0.1, -0.05) is 0 Å². The first-order valence-corrected chi connectivity index (χ1v) is 7.72. The van der Waals surface area contributed by atoms with Gasteiger partial charge in [-0.3, -0.25) is 14.9 Å². The van der Waals surface area contributed by atoms with Gasteiger partial charge in [0.25, 0.3) is 0 Å². The molecule has 0 aliphatic rings. The highest BCUT2D eigenvalue weighted by Crippen LogP contribution is 2.18. The normalized spacial score (nSPS) is 10.2.